The number of nitrogens with zero attached hydrogens (tertiary/aromatic N) is 3. The van der Waals surface area contributed by atoms with Gasteiger partial charge in [0.1, 0.15) is 0 Å². The number of ether oxygens (including phenoxy) is 1. The maximum absolute atomic E-state index is 6.05. The molecule has 1 atom stereocenters. The van der Waals surface area contributed by atoms with Crippen LogP contribution in [0.15, 0.2) is 29.3 Å². The van der Waals surface area contributed by atoms with Crippen molar-refractivity contribution in [3.8, 4) is 0 Å². The summed E-state index contributed by atoms with van der Waals surface area (Å²) in [5, 5.41) is 3.24. The first kappa shape index (κ1) is 20.7. The number of benzene rings is 1. The molecule has 146 valence electrons. The monoisotopic (exact) mass is 361 g/mol. The van der Waals surface area contributed by atoms with E-state index in [0.717, 1.165) is 52.2 Å². The largest absolute Gasteiger partial charge is 0.379 e. The van der Waals surface area contributed by atoms with Gasteiger partial charge in [-0.25, -0.2) is 0 Å². The average Bonchev–Trinajstić information content (AvgIpc) is 2.66. The summed E-state index contributed by atoms with van der Waals surface area (Å²) in [4.78, 5) is 9.18. The summed E-state index contributed by atoms with van der Waals surface area (Å²) in [7, 11) is 4.17. The standard InChI is InChI=1S/C20H35N5O/c1-4-17-6-8-18(9-7-17)19(24(2)3)16-23-20(21)22-10-5-11-25-12-14-26-15-13-25/h6-9,19H,4-5,10-16H2,1-3H3,(H3,21,22,23). The molecular weight excluding hydrogens is 326 g/mol. The van der Waals surface area contributed by atoms with Gasteiger partial charge in [0.2, 0.25) is 0 Å². The Balaban J connectivity index is 1.76. The molecule has 1 aliphatic rings. The number of likely N-dealkylation sites (N-methyl/N-ethyl adjacent to an activating group) is 1. The molecule has 3 N–H and O–H groups in total. The Labute approximate surface area is 158 Å². The highest BCUT2D eigenvalue weighted by molar-refractivity contribution is 5.77. The van der Waals surface area contributed by atoms with Gasteiger partial charge in [-0.2, -0.15) is 0 Å². The van der Waals surface area contributed by atoms with Crippen molar-refractivity contribution in [3.63, 3.8) is 0 Å². The highest BCUT2D eigenvalue weighted by Gasteiger charge is 2.14. The molecule has 1 aromatic rings. The number of nitrogens with two attached hydrogens (primary N) is 1. The number of nitrogens with one attached hydrogen (secondary N) is 1. The quantitative estimate of drug-likeness (QED) is 0.396. The van der Waals surface area contributed by atoms with Gasteiger partial charge >= 0.3 is 0 Å². The van der Waals surface area contributed by atoms with E-state index in [2.05, 4.69) is 65.4 Å². The van der Waals surface area contributed by atoms with E-state index in [0.29, 0.717) is 12.5 Å². The predicted octanol–water partition coefficient (Wildman–Crippen LogP) is 1.48. The average molecular weight is 362 g/mol. The Kier molecular flexibility index (Phi) is 8.88. The fraction of sp³-hybridized carbons (Fsp3) is 0.650. The summed E-state index contributed by atoms with van der Waals surface area (Å²) in [5.74, 6) is 0.531. The Morgan fingerprint density at radius 3 is 2.58 bits per heavy atom. The summed E-state index contributed by atoms with van der Waals surface area (Å²) < 4.78 is 5.37. The van der Waals surface area contributed by atoms with Crippen LogP contribution in [0.2, 0.25) is 0 Å². The second-order valence-electron chi connectivity index (χ2n) is 7.03. The lowest BCUT2D eigenvalue weighted by Crippen LogP contribution is -2.39. The molecule has 1 aliphatic heterocycles. The highest BCUT2D eigenvalue weighted by atomic mass is 16.5. The van der Waals surface area contributed by atoms with E-state index in [1.54, 1.807) is 0 Å². The van der Waals surface area contributed by atoms with Crippen molar-refractivity contribution in [2.45, 2.75) is 25.8 Å². The second kappa shape index (κ2) is 11.2. The fourth-order valence-electron chi connectivity index (χ4n) is 3.13. The lowest BCUT2D eigenvalue weighted by Gasteiger charge is -2.26. The van der Waals surface area contributed by atoms with Crippen LogP contribution in [0, 0.1) is 0 Å². The summed E-state index contributed by atoms with van der Waals surface area (Å²) in [6, 6.07) is 9.02. The van der Waals surface area contributed by atoms with Crippen molar-refractivity contribution >= 4 is 5.96 Å². The Hall–Kier alpha value is -1.63. The molecule has 0 bridgehead atoms. The van der Waals surface area contributed by atoms with E-state index in [1.165, 1.54) is 11.1 Å². The molecule has 1 aromatic carbocycles. The zero-order valence-electron chi connectivity index (χ0n) is 16.6. The zero-order valence-corrected chi connectivity index (χ0v) is 16.6. The van der Waals surface area contributed by atoms with E-state index in [-0.39, 0.29) is 6.04 Å². The molecule has 1 unspecified atom stereocenters. The first-order chi connectivity index (χ1) is 12.6. The van der Waals surface area contributed by atoms with E-state index in [4.69, 9.17) is 10.5 Å². The van der Waals surface area contributed by atoms with Gasteiger partial charge in [0.15, 0.2) is 5.96 Å². The number of aliphatic imine (C=N–C) groups is 1. The van der Waals surface area contributed by atoms with Gasteiger partial charge in [0, 0.05) is 19.6 Å². The first-order valence-corrected chi connectivity index (χ1v) is 9.69. The molecule has 6 nitrogen and oxygen atoms in total. The van der Waals surface area contributed by atoms with E-state index >= 15 is 0 Å². The number of hydrogen-bond donors (Lipinski definition) is 2. The molecule has 2 rings (SSSR count). The van der Waals surface area contributed by atoms with Gasteiger partial charge in [-0.3, -0.25) is 9.89 Å². The fourth-order valence-corrected chi connectivity index (χ4v) is 3.13. The SMILES string of the molecule is CCc1ccc(C(CN=C(N)NCCCN2CCOCC2)N(C)C)cc1. The third-order valence-electron chi connectivity index (χ3n) is 4.89. The van der Waals surface area contributed by atoms with Crippen molar-refractivity contribution in [2.24, 2.45) is 10.7 Å². The molecule has 0 amide bonds. The lowest BCUT2D eigenvalue weighted by molar-refractivity contribution is 0.0376. The van der Waals surface area contributed by atoms with Crippen molar-refractivity contribution in [3.05, 3.63) is 35.4 Å². The normalized spacial score (nSPS) is 17.5. The van der Waals surface area contributed by atoms with Gasteiger partial charge in [0.25, 0.3) is 0 Å². The molecular formula is C20H35N5O. The van der Waals surface area contributed by atoms with E-state index < -0.39 is 0 Å². The van der Waals surface area contributed by atoms with Gasteiger partial charge in [-0.15, -0.1) is 0 Å². The topological polar surface area (TPSA) is 66.1 Å². The number of morpholine rings is 1. The zero-order chi connectivity index (χ0) is 18.8. The Bertz CT molecular complexity index is 538. The summed E-state index contributed by atoms with van der Waals surface area (Å²) in [6.45, 7) is 8.52. The van der Waals surface area contributed by atoms with Crippen molar-refractivity contribution in [1.29, 1.82) is 0 Å². The van der Waals surface area contributed by atoms with Crippen LogP contribution in [0.4, 0.5) is 0 Å². The molecule has 1 saturated heterocycles. The maximum atomic E-state index is 6.05. The van der Waals surface area contributed by atoms with Crippen molar-refractivity contribution in [1.82, 2.24) is 15.1 Å². The maximum Gasteiger partial charge on any atom is 0.188 e. The van der Waals surface area contributed by atoms with Crippen LogP contribution in [-0.2, 0) is 11.2 Å². The number of guanidine groups is 1. The van der Waals surface area contributed by atoms with Crippen molar-refractivity contribution in [2.75, 3.05) is 60.0 Å². The molecule has 0 spiro atoms. The molecule has 1 heterocycles. The van der Waals surface area contributed by atoms with Crippen LogP contribution >= 0.6 is 0 Å². The molecule has 0 aromatic heterocycles. The van der Waals surface area contributed by atoms with Crippen LogP contribution in [0.3, 0.4) is 0 Å². The Morgan fingerprint density at radius 2 is 1.96 bits per heavy atom. The third kappa shape index (κ3) is 6.94. The molecule has 0 radical (unpaired) electrons. The second-order valence-corrected chi connectivity index (χ2v) is 7.03. The summed E-state index contributed by atoms with van der Waals surface area (Å²) in [6.07, 6.45) is 2.12. The highest BCUT2D eigenvalue weighted by Crippen LogP contribution is 2.19. The number of aryl methyl sites for hydroxylation is 1. The van der Waals surface area contributed by atoms with Gasteiger partial charge < -0.3 is 20.7 Å². The number of hydrogen-bond acceptors (Lipinski definition) is 4. The minimum atomic E-state index is 0.231. The lowest BCUT2D eigenvalue weighted by atomic mass is 10.0. The Morgan fingerprint density at radius 1 is 1.27 bits per heavy atom. The molecule has 26 heavy (non-hydrogen) atoms. The van der Waals surface area contributed by atoms with Gasteiger partial charge in [-0.05, 0) is 44.6 Å². The van der Waals surface area contributed by atoms with Crippen LogP contribution in [-0.4, -0.2) is 75.8 Å². The molecule has 6 heteroatoms. The smallest absolute Gasteiger partial charge is 0.188 e. The minimum absolute atomic E-state index is 0.231. The third-order valence-corrected chi connectivity index (χ3v) is 4.89. The minimum Gasteiger partial charge on any atom is -0.379 e. The summed E-state index contributed by atoms with van der Waals surface area (Å²) in [5.41, 5.74) is 8.68. The van der Waals surface area contributed by atoms with Crippen LogP contribution in [0.5, 0.6) is 0 Å². The first-order valence-electron chi connectivity index (χ1n) is 9.69. The molecule has 0 saturated carbocycles. The molecule has 0 aliphatic carbocycles. The predicted molar refractivity (Wildman–Crippen MR) is 109 cm³/mol. The summed E-state index contributed by atoms with van der Waals surface area (Å²) >= 11 is 0. The van der Waals surface area contributed by atoms with E-state index in [9.17, 15) is 0 Å². The van der Waals surface area contributed by atoms with Crippen LogP contribution < -0.4 is 11.1 Å². The van der Waals surface area contributed by atoms with Gasteiger partial charge in [-0.1, -0.05) is 31.2 Å². The van der Waals surface area contributed by atoms with Crippen LogP contribution in [0.25, 0.3) is 0 Å². The van der Waals surface area contributed by atoms with E-state index in [1.807, 2.05) is 0 Å². The van der Waals surface area contributed by atoms with Gasteiger partial charge in [0.05, 0.1) is 25.8 Å². The van der Waals surface area contributed by atoms with Crippen molar-refractivity contribution < 1.29 is 4.74 Å². The number of rotatable bonds is 9. The van der Waals surface area contributed by atoms with Crippen LogP contribution in [0.1, 0.15) is 30.5 Å². The molecule has 1 fully saturated rings.